The summed E-state index contributed by atoms with van der Waals surface area (Å²) in [5, 5.41) is 33.9. The zero-order valence-corrected chi connectivity index (χ0v) is 36.5. The Balaban J connectivity index is 2.10. The molecule has 0 aromatic heterocycles. The molecule has 1 saturated heterocycles. The first-order chi connectivity index (χ1) is 27.4. The highest BCUT2D eigenvalue weighted by Gasteiger charge is 2.50. The van der Waals surface area contributed by atoms with E-state index >= 15 is 0 Å². The summed E-state index contributed by atoms with van der Waals surface area (Å²) in [4.78, 5) is 57.4. The Kier molecular flexibility index (Phi) is 19.9. The number of fused-ring (bicyclic) bond motifs is 1. The molecule has 0 radical (unpaired) electrons. The van der Waals surface area contributed by atoms with Gasteiger partial charge in [-0.2, -0.15) is 0 Å². The number of carbonyl (C=O) groups is 4. The summed E-state index contributed by atoms with van der Waals surface area (Å²) in [5.74, 6) is -7.67. The van der Waals surface area contributed by atoms with Gasteiger partial charge in [0, 0.05) is 59.2 Å². The van der Waals surface area contributed by atoms with E-state index in [0.717, 1.165) is 10.5 Å². The zero-order valence-electron chi connectivity index (χ0n) is 36.5. The van der Waals surface area contributed by atoms with Crippen molar-refractivity contribution in [2.75, 3.05) is 35.0 Å². The maximum absolute atomic E-state index is 14.3. The summed E-state index contributed by atoms with van der Waals surface area (Å²) in [6, 6.07) is -1.14. The average Bonchev–Trinajstić information content (AvgIpc) is 3.20. The first-order valence-electron chi connectivity index (χ1n) is 21.2. The Morgan fingerprint density at radius 2 is 1.59 bits per heavy atom. The summed E-state index contributed by atoms with van der Waals surface area (Å²) in [7, 11) is 5.90. The largest absolute Gasteiger partial charge is 0.456 e. The fourth-order valence-corrected chi connectivity index (χ4v) is 9.19. The molecule has 1 saturated carbocycles. The molecule has 13 atom stereocenters. The number of piperidine rings is 1. The highest BCUT2D eigenvalue weighted by atomic mass is 16.6. The van der Waals surface area contributed by atoms with Crippen LogP contribution < -0.4 is 0 Å². The van der Waals surface area contributed by atoms with E-state index in [1.165, 1.54) is 7.11 Å². The van der Waals surface area contributed by atoms with Gasteiger partial charge in [0.25, 0.3) is 11.7 Å². The Bertz CT molecular complexity index is 1450. The van der Waals surface area contributed by atoms with Crippen LogP contribution in [0.2, 0.25) is 0 Å². The molecule has 58 heavy (non-hydrogen) atoms. The summed E-state index contributed by atoms with van der Waals surface area (Å²) >= 11 is 0. The van der Waals surface area contributed by atoms with E-state index in [9.17, 15) is 34.5 Å². The molecular weight excluding hydrogens is 746 g/mol. The number of ether oxygens (including phenoxy) is 5. The minimum atomic E-state index is -2.50. The van der Waals surface area contributed by atoms with Crippen molar-refractivity contribution >= 4 is 23.4 Å². The van der Waals surface area contributed by atoms with Crippen LogP contribution in [0.25, 0.3) is 0 Å². The lowest BCUT2D eigenvalue weighted by molar-refractivity contribution is -0.220. The number of ketones is 2. The van der Waals surface area contributed by atoms with Crippen molar-refractivity contribution in [2.45, 2.75) is 160 Å². The number of nitrogens with zero attached hydrogens (tertiary/aromatic N) is 1. The second kappa shape index (κ2) is 23.3. The molecule has 0 bridgehead atoms. The van der Waals surface area contributed by atoms with E-state index in [-0.39, 0.29) is 55.6 Å². The third-order valence-electron chi connectivity index (χ3n) is 12.8. The maximum Gasteiger partial charge on any atom is 0.329 e. The molecule has 1 amide bonds. The molecule has 3 rings (SSSR count). The molecule has 0 spiro atoms. The van der Waals surface area contributed by atoms with Gasteiger partial charge >= 0.3 is 5.97 Å². The number of carbonyl (C=O) groups excluding carboxylic acids is 4. The molecule has 1 aliphatic carbocycles. The van der Waals surface area contributed by atoms with Crippen molar-refractivity contribution in [3.63, 3.8) is 0 Å². The lowest BCUT2D eigenvalue weighted by Gasteiger charge is -2.39. The molecule has 330 valence electrons. The van der Waals surface area contributed by atoms with Gasteiger partial charge in [-0.3, -0.25) is 14.4 Å². The van der Waals surface area contributed by atoms with Crippen molar-refractivity contribution in [3.05, 3.63) is 36.0 Å². The molecule has 1 unspecified atom stereocenters. The number of aliphatic hydroxyl groups excluding tert-OH is 2. The van der Waals surface area contributed by atoms with Crippen molar-refractivity contribution in [1.82, 2.24) is 4.90 Å². The minimum Gasteiger partial charge on any atom is -0.456 e. The number of hydrogen-bond donors (Lipinski definition) is 3. The van der Waals surface area contributed by atoms with E-state index in [1.807, 2.05) is 26.0 Å². The summed E-state index contributed by atoms with van der Waals surface area (Å²) in [6.45, 7) is 13.2. The van der Waals surface area contributed by atoms with Gasteiger partial charge in [-0.1, -0.05) is 44.6 Å². The smallest absolute Gasteiger partial charge is 0.329 e. The van der Waals surface area contributed by atoms with Crippen LogP contribution >= 0.6 is 0 Å². The number of rotatable bonds is 8. The van der Waals surface area contributed by atoms with Crippen LogP contribution in [0, 0.1) is 29.6 Å². The van der Waals surface area contributed by atoms with Crippen LogP contribution in [0.4, 0.5) is 0 Å². The number of esters is 1. The second-order valence-corrected chi connectivity index (χ2v) is 17.3. The lowest BCUT2D eigenvalue weighted by atomic mass is 9.81. The normalized spacial score (nSPS) is 38.7. The predicted octanol–water partition coefficient (Wildman–Crippen LogP) is 5.28. The van der Waals surface area contributed by atoms with E-state index in [0.29, 0.717) is 63.4 Å². The van der Waals surface area contributed by atoms with Gasteiger partial charge in [0.1, 0.15) is 17.9 Å². The molecule has 13 nitrogen and oxygen atoms in total. The Morgan fingerprint density at radius 3 is 2.21 bits per heavy atom. The molecule has 3 N–H and O–H groups in total. The fourth-order valence-electron chi connectivity index (χ4n) is 9.19. The quantitative estimate of drug-likeness (QED) is 0.125. The summed E-state index contributed by atoms with van der Waals surface area (Å²) in [5.41, 5.74) is 1.67. The second-order valence-electron chi connectivity index (χ2n) is 17.3. The van der Waals surface area contributed by atoms with Crippen LogP contribution in [0.1, 0.15) is 112 Å². The summed E-state index contributed by atoms with van der Waals surface area (Å²) in [6.07, 6.45) is 7.07. The number of methoxy groups -OCH3 is 4. The van der Waals surface area contributed by atoms with Crippen LogP contribution in [0.3, 0.4) is 0 Å². The van der Waals surface area contributed by atoms with Gasteiger partial charge in [0.05, 0.1) is 30.5 Å². The number of amides is 1. The van der Waals surface area contributed by atoms with Gasteiger partial charge in [-0.15, -0.1) is 6.58 Å². The average molecular weight is 820 g/mol. The topological polar surface area (TPSA) is 178 Å². The first-order valence-corrected chi connectivity index (χ1v) is 21.2. The zero-order chi connectivity index (χ0) is 43.3. The van der Waals surface area contributed by atoms with Crippen LogP contribution in [-0.4, -0.2) is 127 Å². The van der Waals surface area contributed by atoms with Crippen molar-refractivity contribution < 1.29 is 58.2 Å². The minimum absolute atomic E-state index is 0.0139. The van der Waals surface area contributed by atoms with Crippen LogP contribution in [0.5, 0.6) is 0 Å². The molecule has 3 aliphatic rings. The third-order valence-corrected chi connectivity index (χ3v) is 12.8. The Labute approximate surface area is 346 Å². The maximum atomic E-state index is 14.3. The van der Waals surface area contributed by atoms with Crippen LogP contribution in [-0.2, 0) is 42.9 Å². The van der Waals surface area contributed by atoms with Crippen molar-refractivity contribution in [1.29, 1.82) is 0 Å². The molecule has 13 heteroatoms. The molecule has 0 aromatic carbocycles. The van der Waals surface area contributed by atoms with Gasteiger partial charge < -0.3 is 43.9 Å². The predicted molar refractivity (Wildman–Crippen MR) is 219 cm³/mol. The van der Waals surface area contributed by atoms with Gasteiger partial charge in [0.15, 0.2) is 0 Å². The van der Waals surface area contributed by atoms with Gasteiger partial charge in [-0.25, -0.2) is 4.79 Å². The standard InChI is InChI=1S/C45H73NO12/c1-11-14-33-20-27(2)19-28(3)21-34(54-7)25-35(55-8)23-30(5)45(53,57-10)42(50)43(51)46-18-13-12-15-36(46)44(52)58-41(31(6)38(48)26-39(33)49)29(4)22-32-16-17-37(47)40(24-32)56-9/h11,20,22,28,30-38,40-41,47-48,53H,1,12-19,21,23-26H2,2-10H3/b27-20+,29-22+/t28-,30+,31+,32-,33?,34-,35-,36-,37+,38-,40+,41+,45+/m0/s1. The monoisotopic (exact) mass is 820 g/mol. The molecule has 0 aromatic rings. The van der Waals surface area contributed by atoms with E-state index < -0.39 is 71.7 Å². The highest BCUT2D eigenvalue weighted by Crippen LogP contribution is 2.34. The summed E-state index contributed by atoms with van der Waals surface area (Å²) < 4.78 is 28.9. The molecule has 2 fully saturated rings. The van der Waals surface area contributed by atoms with E-state index in [1.54, 1.807) is 41.3 Å². The lowest BCUT2D eigenvalue weighted by Crippen LogP contribution is -2.58. The van der Waals surface area contributed by atoms with Gasteiger partial charge in [0.2, 0.25) is 5.79 Å². The Hall–Kier alpha value is -2.78. The van der Waals surface area contributed by atoms with E-state index in [2.05, 4.69) is 13.5 Å². The fraction of sp³-hybridized carbons (Fsp3) is 0.778. The molecular formula is C45H73NO12. The van der Waals surface area contributed by atoms with Gasteiger partial charge in [-0.05, 0) is 102 Å². The van der Waals surface area contributed by atoms with Crippen molar-refractivity contribution in [2.24, 2.45) is 29.6 Å². The molecule has 2 heterocycles. The van der Waals surface area contributed by atoms with Crippen molar-refractivity contribution in [3.8, 4) is 0 Å². The number of allylic oxidation sites excluding steroid dienone is 4. The first kappa shape index (κ1) is 49.6. The van der Waals surface area contributed by atoms with E-state index in [4.69, 9.17) is 23.7 Å². The molecule has 2 aliphatic heterocycles. The third kappa shape index (κ3) is 13.1. The van der Waals surface area contributed by atoms with Crippen LogP contribution in [0.15, 0.2) is 36.0 Å². The number of cyclic esters (lactones) is 1. The number of Topliss-reactive ketones (excluding diaryl/α,β-unsaturated/α-hetero) is 2. The highest BCUT2D eigenvalue weighted by molar-refractivity contribution is 6.39. The Morgan fingerprint density at radius 1 is 0.914 bits per heavy atom. The SMILES string of the molecule is C=CCC1/C=C(\C)C[C@H](C)C[C@H](OC)C[C@@H](OC)C[C@@H](C)[C@@](O)(OC)C(=O)C(=O)N2CCCC[C@H]2C(=O)O[C@H](/C(C)=C/[C@@H]2CC[C@@H](O)[C@H](OC)C2)[C@H](C)[C@@H](O)CC1=O. The number of aliphatic hydroxyl groups is 3. The number of hydrogen-bond acceptors (Lipinski definition) is 12.